The molecule has 0 saturated heterocycles. The summed E-state index contributed by atoms with van der Waals surface area (Å²) < 4.78 is 12.2. The molecule has 0 aromatic carbocycles. The molecule has 0 aliphatic carbocycles. The Labute approximate surface area is 150 Å². The van der Waals surface area contributed by atoms with Gasteiger partial charge >= 0.3 is 0 Å². The number of methoxy groups -OCH3 is 2. The summed E-state index contributed by atoms with van der Waals surface area (Å²) in [7, 11) is 5.19. The van der Waals surface area contributed by atoms with Crippen molar-refractivity contribution in [2.24, 2.45) is 7.05 Å². The van der Waals surface area contributed by atoms with Crippen LogP contribution in [0.25, 0.3) is 0 Å². The van der Waals surface area contributed by atoms with Crippen molar-refractivity contribution in [3.05, 3.63) is 24.0 Å². The summed E-state index contributed by atoms with van der Waals surface area (Å²) >= 11 is 0. The Hall–Kier alpha value is -1.86. The lowest BCUT2D eigenvalue weighted by Crippen LogP contribution is -2.44. The molecule has 0 radical (unpaired) electrons. The lowest BCUT2D eigenvalue weighted by molar-refractivity contribution is -0.141. The van der Waals surface area contributed by atoms with Gasteiger partial charge in [0.1, 0.15) is 0 Å². The van der Waals surface area contributed by atoms with Gasteiger partial charge in [0, 0.05) is 59.3 Å². The first-order valence-electron chi connectivity index (χ1n) is 8.67. The van der Waals surface area contributed by atoms with Crippen molar-refractivity contribution in [2.45, 2.75) is 26.3 Å². The van der Waals surface area contributed by atoms with Crippen LogP contribution in [0.3, 0.4) is 0 Å². The number of amides is 2. The number of carbonyl (C=O) groups is 2. The standard InChI is InChI=1S/C18H31N3O4/c1-5-17(22)20(10-7-12-24-3)15-18(23)21(11-13-25-4)14-16-8-6-9-19(16)2/h6,8-9H,5,7,10-15H2,1-4H3. The van der Waals surface area contributed by atoms with Gasteiger partial charge in [0.2, 0.25) is 11.8 Å². The number of carbonyl (C=O) groups excluding carboxylic acids is 2. The van der Waals surface area contributed by atoms with E-state index in [-0.39, 0.29) is 18.4 Å². The molecule has 1 aromatic rings. The first kappa shape index (κ1) is 21.2. The molecule has 0 unspecified atom stereocenters. The summed E-state index contributed by atoms with van der Waals surface area (Å²) in [4.78, 5) is 28.3. The van der Waals surface area contributed by atoms with Gasteiger partial charge in [-0.25, -0.2) is 0 Å². The number of aromatic nitrogens is 1. The molecule has 1 heterocycles. The molecule has 7 heteroatoms. The van der Waals surface area contributed by atoms with Crippen molar-refractivity contribution in [3.8, 4) is 0 Å². The smallest absolute Gasteiger partial charge is 0.242 e. The van der Waals surface area contributed by atoms with Gasteiger partial charge in [-0.15, -0.1) is 0 Å². The lowest BCUT2D eigenvalue weighted by Gasteiger charge is -2.27. The quantitative estimate of drug-likeness (QED) is 0.531. The van der Waals surface area contributed by atoms with E-state index in [1.54, 1.807) is 24.0 Å². The molecular formula is C18H31N3O4. The molecule has 0 fully saturated rings. The second kappa shape index (κ2) is 11.7. The number of hydrogen-bond acceptors (Lipinski definition) is 4. The largest absolute Gasteiger partial charge is 0.385 e. The predicted octanol–water partition coefficient (Wildman–Crippen LogP) is 1.28. The molecule has 0 saturated carbocycles. The first-order valence-corrected chi connectivity index (χ1v) is 8.67. The highest BCUT2D eigenvalue weighted by Crippen LogP contribution is 2.07. The maximum absolute atomic E-state index is 12.8. The van der Waals surface area contributed by atoms with Gasteiger partial charge in [0.05, 0.1) is 19.7 Å². The van der Waals surface area contributed by atoms with E-state index in [4.69, 9.17) is 9.47 Å². The van der Waals surface area contributed by atoms with Crippen molar-refractivity contribution in [1.29, 1.82) is 0 Å². The zero-order valence-electron chi connectivity index (χ0n) is 15.9. The van der Waals surface area contributed by atoms with Crippen molar-refractivity contribution in [3.63, 3.8) is 0 Å². The number of hydrogen-bond donors (Lipinski definition) is 0. The van der Waals surface area contributed by atoms with Crippen LogP contribution in [0.2, 0.25) is 0 Å². The van der Waals surface area contributed by atoms with Crippen molar-refractivity contribution in [1.82, 2.24) is 14.4 Å². The predicted molar refractivity (Wildman–Crippen MR) is 96.1 cm³/mol. The van der Waals surface area contributed by atoms with Gasteiger partial charge in [0.25, 0.3) is 0 Å². The van der Waals surface area contributed by atoms with E-state index in [1.165, 1.54) is 0 Å². The fourth-order valence-electron chi connectivity index (χ4n) is 2.53. The molecule has 0 atom stereocenters. The van der Waals surface area contributed by atoms with E-state index in [9.17, 15) is 9.59 Å². The lowest BCUT2D eigenvalue weighted by atomic mass is 10.3. The van der Waals surface area contributed by atoms with Crippen LogP contribution in [0.4, 0.5) is 0 Å². The second-order valence-corrected chi connectivity index (χ2v) is 5.93. The average molecular weight is 353 g/mol. The van der Waals surface area contributed by atoms with E-state index in [0.29, 0.717) is 45.7 Å². The number of nitrogens with zero attached hydrogens (tertiary/aromatic N) is 3. The van der Waals surface area contributed by atoms with Crippen LogP contribution in [-0.4, -0.2) is 73.2 Å². The summed E-state index contributed by atoms with van der Waals surface area (Å²) in [6.07, 6.45) is 3.05. The van der Waals surface area contributed by atoms with E-state index in [2.05, 4.69) is 0 Å². The maximum atomic E-state index is 12.8. The minimum Gasteiger partial charge on any atom is -0.385 e. The molecule has 142 valence electrons. The average Bonchev–Trinajstić information content (AvgIpc) is 3.01. The Bertz CT molecular complexity index is 530. The Morgan fingerprint density at radius 3 is 2.36 bits per heavy atom. The van der Waals surface area contributed by atoms with Gasteiger partial charge in [-0.1, -0.05) is 6.92 Å². The fourth-order valence-corrected chi connectivity index (χ4v) is 2.53. The molecular weight excluding hydrogens is 322 g/mol. The zero-order valence-corrected chi connectivity index (χ0v) is 15.9. The van der Waals surface area contributed by atoms with E-state index in [0.717, 1.165) is 5.69 Å². The molecule has 7 nitrogen and oxygen atoms in total. The Morgan fingerprint density at radius 1 is 1.08 bits per heavy atom. The van der Waals surface area contributed by atoms with Crippen LogP contribution in [-0.2, 0) is 32.7 Å². The fraction of sp³-hybridized carbons (Fsp3) is 0.667. The highest BCUT2D eigenvalue weighted by molar-refractivity contribution is 5.84. The summed E-state index contributed by atoms with van der Waals surface area (Å²) in [5.41, 5.74) is 1.04. The zero-order chi connectivity index (χ0) is 18.7. The molecule has 1 rings (SSSR count). The summed E-state index contributed by atoms with van der Waals surface area (Å²) in [5.74, 6) is -0.0903. The van der Waals surface area contributed by atoms with Gasteiger partial charge in [-0.05, 0) is 18.6 Å². The molecule has 0 aliphatic heterocycles. The first-order chi connectivity index (χ1) is 12.0. The molecule has 0 spiro atoms. The normalized spacial score (nSPS) is 10.7. The maximum Gasteiger partial charge on any atom is 0.242 e. The van der Waals surface area contributed by atoms with Crippen LogP contribution >= 0.6 is 0 Å². The molecule has 0 N–H and O–H groups in total. The van der Waals surface area contributed by atoms with Gasteiger partial charge in [0.15, 0.2) is 0 Å². The van der Waals surface area contributed by atoms with Crippen LogP contribution in [0, 0.1) is 0 Å². The van der Waals surface area contributed by atoms with Crippen LogP contribution in [0.15, 0.2) is 18.3 Å². The van der Waals surface area contributed by atoms with E-state index in [1.807, 2.05) is 36.9 Å². The third kappa shape index (κ3) is 7.27. The van der Waals surface area contributed by atoms with E-state index >= 15 is 0 Å². The number of rotatable bonds is 12. The SMILES string of the molecule is CCC(=O)N(CCCOC)CC(=O)N(CCOC)Cc1cccn1C. The summed E-state index contributed by atoms with van der Waals surface area (Å²) in [6, 6.07) is 3.94. The van der Waals surface area contributed by atoms with Gasteiger partial charge in [-0.3, -0.25) is 9.59 Å². The minimum absolute atomic E-state index is 0.0185. The molecule has 0 aliphatic rings. The third-order valence-electron chi connectivity index (χ3n) is 4.08. The third-order valence-corrected chi connectivity index (χ3v) is 4.08. The highest BCUT2D eigenvalue weighted by atomic mass is 16.5. The minimum atomic E-state index is -0.0718. The second-order valence-electron chi connectivity index (χ2n) is 5.93. The van der Waals surface area contributed by atoms with Crippen molar-refractivity contribution in [2.75, 3.05) is 47.1 Å². The number of ether oxygens (including phenoxy) is 2. The Kier molecular flexibility index (Phi) is 9.87. The van der Waals surface area contributed by atoms with Crippen molar-refractivity contribution < 1.29 is 19.1 Å². The topological polar surface area (TPSA) is 64.0 Å². The molecule has 0 bridgehead atoms. The van der Waals surface area contributed by atoms with Crippen LogP contribution < -0.4 is 0 Å². The Morgan fingerprint density at radius 2 is 1.80 bits per heavy atom. The van der Waals surface area contributed by atoms with Gasteiger partial charge in [-0.2, -0.15) is 0 Å². The molecule has 2 amide bonds. The Balaban J connectivity index is 2.75. The highest BCUT2D eigenvalue weighted by Gasteiger charge is 2.21. The van der Waals surface area contributed by atoms with E-state index < -0.39 is 0 Å². The molecule has 25 heavy (non-hydrogen) atoms. The summed E-state index contributed by atoms with van der Waals surface area (Å²) in [6.45, 7) is 4.44. The van der Waals surface area contributed by atoms with Crippen molar-refractivity contribution >= 4 is 11.8 Å². The monoisotopic (exact) mass is 353 g/mol. The summed E-state index contributed by atoms with van der Waals surface area (Å²) in [5, 5.41) is 0. The molecule has 1 aromatic heterocycles. The number of aryl methyl sites for hydroxylation is 1. The van der Waals surface area contributed by atoms with Crippen LogP contribution in [0.5, 0.6) is 0 Å². The van der Waals surface area contributed by atoms with Crippen LogP contribution in [0.1, 0.15) is 25.5 Å². The van der Waals surface area contributed by atoms with Gasteiger partial charge < -0.3 is 23.8 Å².